The van der Waals surface area contributed by atoms with E-state index < -0.39 is 0 Å². The Hall–Kier alpha value is -0.0410. The number of hydrogen-bond donors (Lipinski definition) is 0. The molecule has 3 rings (SSSR count). The number of nitrogens with zero attached hydrogens (tertiary/aromatic N) is 1. The molecule has 2 fully saturated rings. The van der Waals surface area contributed by atoms with Crippen molar-refractivity contribution in [2.24, 2.45) is 0 Å². The Morgan fingerprint density at radius 3 is 2.12 bits per heavy atom. The maximum absolute atomic E-state index is 2.30. The molecule has 2 saturated carbocycles. The normalized spacial score (nSPS) is 19.4. The van der Waals surface area contributed by atoms with Gasteiger partial charge in [0.15, 0.2) is 0 Å². The summed E-state index contributed by atoms with van der Waals surface area (Å²) in [6.45, 7) is 2.27. The molecule has 136 valence electrons. The van der Waals surface area contributed by atoms with Crippen LogP contribution < -0.4 is 0 Å². The topological polar surface area (TPSA) is 3.24 Å². The molecule has 1 nitrogen and oxygen atoms in total. The van der Waals surface area contributed by atoms with Crippen molar-refractivity contribution in [3.05, 3.63) is 104 Å². The first-order valence-corrected chi connectivity index (χ1v) is 10.7. The third-order valence-electron chi connectivity index (χ3n) is 4.03. The largest absolute Gasteiger partial charge is 2.00 e. The monoisotopic (exact) mass is 453 g/mol. The summed E-state index contributed by atoms with van der Waals surface area (Å²) >= 11 is 0.522. The van der Waals surface area contributed by atoms with Gasteiger partial charge in [-0.15, -0.1) is 0 Å². The maximum atomic E-state index is 2.30. The van der Waals surface area contributed by atoms with Crippen LogP contribution in [0.4, 0.5) is 0 Å². The summed E-state index contributed by atoms with van der Waals surface area (Å²) in [4.78, 5) is 3.81. The first-order chi connectivity index (χ1) is 12.2. The van der Waals surface area contributed by atoms with Crippen molar-refractivity contribution in [3.8, 4) is 0 Å². The summed E-state index contributed by atoms with van der Waals surface area (Å²) in [6.07, 6.45) is 21.3. The predicted molar refractivity (Wildman–Crippen MR) is 110 cm³/mol. The van der Waals surface area contributed by atoms with Crippen molar-refractivity contribution in [3.63, 3.8) is 0 Å². The molecule has 26 heavy (non-hydrogen) atoms. The molecule has 0 heterocycles. The average molecular weight is 452 g/mol. The van der Waals surface area contributed by atoms with Crippen molar-refractivity contribution in [1.82, 2.24) is 4.90 Å². The predicted octanol–water partition coefficient (Wildman–Crippen LogP) is 4.52. The fourth-order valence-corrected chi connectivity index (χ4v) is 4.38. The fraction of sp³-hybridized carbons (Fsp3) is 0.217. The molecule has 3 heteroatoms. The van der Waals surface area contributed by atoms with Crippen LogP contribution in [0.25, 0.3) is 6.08 Å². The standard InChI is InChI=1S/C18H22NSe.C5H5.Fe/c1-15(19(2)3)17-12-7-13-18(17)20-14-8-11-16-9-5-4-6-10-16;1-2-4-5-3-1;/h4-13,15H,14H2,1-3H3;1-5H;/q;;+2/b11-8+;;/t15-;;/m1../s1. The molecule has 0 N–H and O–H groups in total. The maximum Gasteiger partial charge on any atom is 2.00 e. The molecule has 2 aliphatic rings. The smallest absolute Gasteiger partial charge is 0.0312 e. The molecule has 1 aromatic rings. The van der Waals surface area contributed by atoms with Crippen LogP contribution in [0, 0.1) is 62.1 Å². The summed E-state index contributed by atoms with van der Waals surface area (Å²) in [5, 5.41) is 1.15. The zero-order valence-electron chi connectivity index (χ0n) is 15.7. The molecule has 1 aromatic carbocycles. The summed E-state index contributed by atoms with van der Waals surface area (Å²) in [6, 6.07) is 11.0. The molecule has 2 aliphatic carbocycles. The van der Waals surface area contributed by atoms with Gasteiger partial charge in [0.2, 0.25) is 0 Å². The van der Waals surface area contributed by atoms with Gasteiger partial charge in [0.25, 0.3) is 0 Å². The van der Waals surface area contributed by atoms with Gasteiger partial charge in [-0.05, 0) is 32.1 Å². The van der Waals surface area contributed by atoms with Gasteiger partial charge < -0.3 is 0 Å². The summed E-state index contributed by atoms with van der Waals surface area (Å²) in [5.41, 5.74) is 1.28. The minimum Gasteiger partial charge on any atom is -0.0312 e. The van der Waals surface area contributed by atoms with Gasteiger partial charge in [-0.2, -0.15) is 0 Å². The Labute approximate surface area is 179 Å². The number of hydrogen-bond acceptors (Lipinski definition) is 1. The van der Waals surface area contributed by atoms with Crippen molar-refractivity contribution in [1.29, 1.82) is 0 Å². The Morgan fingerprint density at radius 2 is 1.54 bits per heavy atom. The van der Waals surface area contributed by atoms with E-state index in [0.717, 1.165) is 5.32 Å². The van der Waals surface area contributed by atoms with Gasteiger partial charge in [-0.25, -0.2) is 0 Å². The second kappa shape index (κ2) is 14.0. The summed E-state index contributed by atoms with van der Waals surface area (Å²) < 4.78 is 0. The molecule has 0 amide bonds. The van der Waals surface area contributed by atoms with Gasteiger partial charge in [0.05, 0.1) is 0 Å². The van der Waals surface area contributed by atoms with E-state index in [4.69, 9.17) is 0 Å². The second-order valence-corrected chi connectivity index (χ2v) is 8.30. The van der Waals surface area contributed by atoms with E-state index in [-0.39, 0.29) is 17.1 Å². The molecule has 10 radical (unpaired) electrons. The minimum atomic E-state index is 0. The average Bonchev–Trinajstić information content (AvgIpc) is 3.33. The van der Waals surface area contributed by atoms with Crippen LogP contribution in [0.15, 0.2) is 36.4 Å². The van der Waals surface area contributed by atoms with Gasteiger partial charge in [-0.3, -0.25) is 0 Å². The van der Waals surface area contributed by atoms with Crippen LogP contribution >= 0.6 is 0 Å². The van der Waals surface area contributed by atoms with Gasteiger partial charge in [0, 0.05) is 0 Å². The molecule has 0 bridgehead atoms. The first-order valence-electron chi connectivity index (χ1n) is 8.61. The molecule has 0 spiro atoms. The van der Waals surface area contributed by atoms with E-state index in [2.05, 4.69) is 87.7 Å². The third-order valence-corrected chi connectivity index (χ3v) is 6.22. The number of benzene rings is 1. The van der Waals surface area contributed by atoms with Crippen molar-refractivity contribution >= 4 is 21.0 Å². The molecule has 0 aliphatic heterocycles. The van der Waals surface area contributed by atoms with Gasteiger partial charge in [0.1, 0.15) is 0 Å². The second-order valence-electron chi connectivity index (χ2n) is 6.07. The van der Waals surface area contributed by atoms with Crippen LogP contribution in [0.3, 0.4) is 0 Å². The summed E-state index contributed by atoms with van der Waals surface area (Å²) in [7, 11) is 4.29. The van der Waals surface area contributed by atoms with Crippen LogP contribution in [-0.4, -0.2) is 40.0 Å². The van der Waals surface area contributed by atoms with E-state index >= 15 is 0 Å². The number of rotatable bonds is 6. The van der Waals surface area contributed by atoms with Crippen LogP contribution in [0.1, 0.15) is 12.5 Å². The molecule has 0 saturated heterocycles. The molecular formula is C23H27FeNSe+2. The Morgan fingerprint density at radius 1 is 0.923 bits per heavy atom. The van der Waals surface area contributed by atoms with E-state index in [1.807, 2.05) is 32.1 Å². The molecule has 1 atom stereocenters. The van der Waals surface area contributed by atoms with E-state index in [0.29, 0.717) is 21.0 Å². The Kier molecular flexibility index (Phi) is 12.9. The van der Waals surface area contributed by atoms with Gasteiger partial charge >= 0.3 is 147 Å². The Balaban J connectivity index is 0.000000486. The zero-order valence-corrected chi connectivity index (χ0v) is 18.5. The molecule has 0 aromatic heterocycles. The van der Waals surface area contributed by atoms with Crippen molar-refractivity contribution in [2.75, 3.05) is 14.1 Å². The van der Waals surface area contributed by atoms with E-state index in [9.17, 15) is 0 Å². The van der Waals surface area contributed by atoms with Crippen molar-refractivity contribution in [2.45, 2.75) is 18.3 Å². The van der Waals surface area contributed by atoms with E-state index in [1.165, 1.54) is 16.3 Å². The zero-order chi connectivity index (χ0) is 17.9. The minimum absolute atomic E-state index is 0. The van der Waals surface area contributed by atoms with Crippen molar-refractivity contribution < 1.29 is 17.1 Å². The van der Waals surface area contributed by atoms with E-state index in [1.54, 1.807) is 0 Å². The summed E-state index contributed by atoms with van der Waals surface area (Å²) in [5.74, 6) is 1.49. The molecular weight excluding hydrogens is 425 g/mol. The SMILES string of the molecule is C[C@H]([C]1[CH][CH][CH][C]1[Se]C/C=C/c1ccccc1)N(C)C.[CH]1[CH][CH][CH][CH]1.[Fe+2]. The number of allylic oxidation sites excluding steroid dienone is 1. The quantitative estimate of drug-likeness (QED) is 0.574. The molecule has 0 unspecified atom stereocenters. The fourth-order valence-electron chi connectivity index (χ4n) is 2.38. The first kappa shape index (κ1) is 24.0. The van der Waals surface area contributed by atoms with Crippen LogP contribution in [-0.2, 0) is 17.1 Å². The van der Waals surface area contributed by atoms with Gasteiger partial charge in [-0.1, -0.05) is 0 Å². The van der Waals surface area contributed by atoms with Crippen LogP contribution in [0.5, 0.6) is 0 Å². The third kappa shape index (κ3) is 8.76. The van der Waals surface area contributed by atoms with Crippen LogP contribution in [0.2, 0.25) is 5.32 Å². The Bertz CT molecular complexity index is 477.